The summed E-state index contributed by atoms with van der Waals surface area (Å²) in [6.07, 6.45) is 9.74. The number of H-pyrrole nitrogens is 1. The molecule has 3 radical (unpaired) electrons. The van der Waals surface area contributed by atoms with E-state index in [1.165, 1.54) is 16.5 Å². The molecule has 2 heterocycles. The minimum atomic E-state index is 0.0427. The van der Waals surface area contributed by atoms with E-state index in [0.29, 0.717) is 12.0 Å². The standard InChI is InChI=1S/C21H27N4OS/c1-5-25(6-2)21(26)22-13-10-15-14-8-7-9-17-19(14)16(20(23-17)27-4)11-18(15)24(3)12-13/h7-9,13,15,18,23H,5-6,10-12H2,1-3H3,(H,22,26)/t13-,15?,18+/m0/s1. The Kier molecular flexibility index (Phi) is 5.12. The van der Waals surface area contributed by atoms with Crippen LogP contribution >= 0.6 is 11.8 Å². The van der Waals surface area contributed by atoms with Crippen molar-refractivity contribution >= 4 is 28.7 Å². The van der Waals surface area contributed by atoms with Crippen molar-refractivity contribution in [3.05, 3.63) is 35.6 Å². The van der Waals surface area contributed by atoms with Gasteiger partial charge in [-0.2, -0.15) is 0 Å². The molecule has 6 heteroatoms. The quantitative estimate of drug-likeness (QED) is 0.794. The number of fused-ring (bicyclic) bond motifs is 2. The van der Waals surface area contributed by atoms with E-state index in [1.807, 2.05) is 18.7 Å². The first-order valence-electron chi connectivity index (χ1n) is 9.80. The Morgan fingerprint density at radius 1 is 1.41 bits per heavy atom. The van der Waals surface area contributed by atoms with Gasteiger partial charge >= 0.3 is 6.03 Å². The van der Waals surface area contributed by atoms with Crippen molar-refractivity contribution < 1.29 is 4.79 Å². The maximum atomic E-state index is 12.5. The predicted octanol–water partition coefficient (Wildman–Crippen LogP) is 3.57. The lowest BCUT2D eigenvalue weighted by Crippen LogP contribution is -2.56. The zero-order valence-corrected chi connectivity index (χ0v) is 17.0. The molecule has 143 valence electrons. The smallest absolute Gasteiger partial charge is 0.317 e. The van der Waals surface area contributed by atoms with Crippen LogP contribution in [0.4, 0.5) is 4.79 Å². The van der Waals surface area contributed by atoms with E-state index in [9.17, 15) is 4.79 Å². The summed E-state index contributed by atoms with van der Waals surface area (Å²) in [5.74, 6) is 0.404. The number of nitrogens with one attached hydrogen (secondary N) is 2. The van der Waals surface area contributed by atoms with Crippen molar-refractivity contribution in [1.82, 2.24) is 20.1 Å². The fourth-order valence-electron chi connectivity index (χ4n) is 4.96. The third-order valence-corrected chi connectivity index (χ3v) is 6.84. The molecular formula is C21H27N4OS. The highest BCUT2D eigenvalue weighted by Crippen LogP contribution is 2.45. The van der Waals surface area contributed by atoms with Crippen molar-refractivity contribution in [2.24, 2.45) is 0 Å². The van der Waals surface area contributed by atoms with Crippen LogP contribution in [-0.4, -0.2) is 59.6 Å². The average Bonchev–Trinajstić information content (AvgIpc) is 3.03. The van der Waals surface area contributed by atoms with Gasteiger partial charge in [-0.3, -0.25) is 0 Å². The molecule has 1 aliphatic carbocycles. The van der Waals surface area contributed by atoms with Crippen LogP contribution in [0.25, 0.3) is 10.9 Å². The fraction of sp³-hybridized carbons (Fsp3) is 0.524. The van der Waals surface area contributed by atoms with Crippen LogP contribution in [0.15, 0.2) is 23.2 Å². The number of aromatic nitrogens is 1. The van der Waals surface area contributed by atoms with Gasteiger partial charge in [0.1, 0.15) is 0 Å². The van der Waals surface area contributed by atoms with Crippen LogP contribution in [0.5, 0.6) is 0 Å². The Morgan fingerprint density at radius 2 is 2.19 bits per heavy atom. The number of benzene rings is 1. The summed E-state index contributed by atoms with van der Waals surface area (Å²) in [7, 11) is 2.17. The number of carbonyl (C=O) groups excluding carboxylic acids is 1. The van der Waals surface area contributed by atoms with Gasteiger partial charge < -0.3 is 20.1 Å². The Morgan fingerprint density at radius 3 is 2.89 bits per heavy atom. The Bertz CT molecular complexity index is 844. The van der Waals surface area contributed by atoms with E-state index in [-0.39, 0.29) is 12.1 Å². The normalized spacial score (nSPS) is 24.7. The van der Waals surface area contributed by atoms with Gasteiger partial charge in [0.15, 0.2) is 0 Å². The summed E-state index contributed by atoms with van der Waals surface area (Å²) in [4.78, 5) is 20.2. The zero-order valence-electron chi connectivity index (χ0n) is 16.2. The minimum Gasteiger partial charge on any atom is -0.349 e. The molecule has 0 saturated carbocycles. The van der Waals surface area contributed by atoms with Crippen molar-refractivity contribution in [3.8, 4) is 0 Å². The van der Waals surface area contributed by atoms with Crippen LogP contribution in [0.3, 0.4) is 0 Å². The van der Waals surface area contributed by atoms with Crippen molar-refractivity contribution in [2.45, 2.75) is 49.7 Å². The second kappa shape index (κ2) is 7.40. The molecule has 0 bridgehead atoms. The summed E-state index contributed by atoms with van der Waals surface area (Å²) in [6, 6.07) is 7.07. The molecule has 1 saturated heterocycles. The molecule has 4 rings (SSSR count). The van der Waals surface area contributed by atoms with Crippen LogP contribution in [0.1, 0.15) is 37.3 Å². The number of hydrogen-bond acceptors (Lipinski definition) is 3. The van der Waals surface area contributed by atoms with Crippen LogP contribution < -0.4 is 5.32 Å². The first-order valence-corrected chi connectivity index (χ1v) is 10.6. The van der Waals surface area contributed by atoms with Gasteiger partial charge in [-0.05, 0) is 50.9 Å². The van der Waals surface area contributed by atoms with Crippen molar-refractivity contribution in [1.29, 1.82) is 0 Å². The maximum absolute atomic E-state index is 12.5. The number of amides is 2. The van der Waals surface area contributed by atoms with Crippen molar-refractivity contribution in [3.63, 3.8) is 0 Å². The summed E-state index contributed by atoms with van der Waals surface area (Å²) >= 11 is 1.06. The van der Waals surface area contributed by atoms with Gasteiger partial charge in [-0.25, -0.2) is 4.79 Å². The second-order valence-electron chi connectivity index (χ2n) is 7.68. The number of hydrogen-bond donors (Lipinski definition) is 2. The van der Waals surface area contributed by atoms with E-state index in [2.05, 4.69) is 40.4 Å². The summed E-state index contributed by atoms with van der Waals surface area (Å²) in [6.45, 7) is 6.37. The van der Waals surface area contributed by atoms with Crippen LogP contribution in [0, 0.1) is 6.26 Å². The maximum Gasteiger partial charge on any atom is 0.317 e. The number of nitrogens with zero attached hydrogens (tertiary/aromatic N) is 2. The number of rotatable bonds is 4. The molecule has 1 aromatic heterocycles. The molecule has 1 aliphatic heterocycles. The lowest BCUT2D eigenvalue weighted by Gasteiger charge is -2.46. The Hall–Kier alpha value is -1.66. The number of urea groups is 1. The number of carbonyl (C=O) groups is 1. The molecule has 3 atom stereocenters. The van der Waals surface area contributed by atoms with E-state index < -0.39 is 0 Å². The lowest BCUT2D eigenvalue weighted by molar-refractivity contribution is 0.123. The minimum absolute atomic E-state index is 0.0427. The highest BCUT2D eigenvalue weighted by molar-refractivity contribution is 8.00. The van der Waals surface area contributed by atoms with Gasteiger partial charge in [-0.15, -0.1) is 0 Å². The molecule has 2 N–H and O–H groups in total. The van der Waals surface area contributed by atoms with Gasteiger partial charge in [0.2, 0.25) is 0 Å². The third kappa shape index (κ3) is 3.13. The highest BCUT2D eigenvalue weighted by Gasteiger charge is 2.40. The molecule has 27 heavy (non-hydrogen) atoms. The molecule has 2 aliphatic rings. The van der Waals surface area contributed by atoms with Gasteiger partial charge in [-0.1, -0.05) is 23.9 Å². The molecule has 2 aromatic rings. The van der Waals surface area contributed by atoms with Crippen molar-refractivity contribution in [2.75, 3.05) is 26.7 Å². The highest BCUT2D eigenvalue weighted by atomic mass is 32.2. The first-order chi connectivity index (χ1) is 13.1. The lowest BCUT2D eigenvalue weighted by atomic mass is 9.74. The SMILES string of the molecule is [C]Sc1[nH]c2cccc3c2c1C[C@@H]1C3C[C@H](NC(=O)N(CC)CC)CN1C. The van der Waals surface area contributed by atoms with E-state index in [4.69, 9.17) is 6.26 Å². The van der Waals surface area contributed by atoms with Crippen LogP contribution in [-0.2, 0) is 6.42 Å². The van der Waals surface area contributed by atoms with Gasteiger partial charge in [0.05, 0.1) is 11.3 Å². The van der Waals surface area contributed by atoms with E-state index in [1.54, 1.807) is 0 Å². The first kappa shape index (κ1) is 18.7. The summed E-state index contributed by atoms with van der Waals surface area (Å²) in [5, 5.41) is 5.54. The summed E-state index contributed by atoms with van der Waals surface area (Å²) in [5.41, 5.74) is 3.79. The number of likely N-dealkylation sites (tertiary alicyclic amines) is 1. The number of aromatic amines is 1. The number of thioether (sulfide) groups is 1. The van der Waals surface area contributed by atoms with E-state index in [0.717, 1.165) is 54.8 Å². The molecule has 2 amide bonds. The molecule has 1 aromatic carbocycles. The zero-order chi connectivity index (χ0) is 19.1. The summed E-state index contributed by atoms with van der Waals surface area (Å²) < 4.78 is 0. The second-order valence-corrected chi connectivity index (χ2v) is 8.29. The molecule has 5 nitrogen and oxygen atoms in total. The van der Waals surface area contributed by atoms with Crippen LogP contribution in [0.2, 0.25) is 0 Å². The van der Waals surface area contributed by atoms with Gasteiger partial charge in [0.25, 0.3) is 0 Å². The molecular weight excluding hydrogens is 356 g/mol. The predicted molar refractivity (Wildman–Crippen MR) is 110 cm³/mol. The van der Waals surface area contributed by atoms with E-state index >= 15 is 0 Å². The topological polar surface area (TPSA) is 51.4 Å². The Balaban J connectivity index is 1.64. The monoisotopic (exact) mass is 383 g/mol. The molecule has 1 fully saturated rings. The number of piperidine rings is 1. The number of likely N-dealkylation sites (N-methyl/N-ethyl adjacent to an activating group) is 1. The average molecular weight is 384 g/mol. The Labute approximate surface area is 165 Å². The fourth-order valence-corrected chi connectivity index (χ4v) is 5.43. The molecule has 1 unspecified atom stereocenters. The van der Waals surface area contributed by atoms with Gasteiger partial charge in [0, 0.05) is 48.5 Å². The molecule has 0 spiro atoms. The largest absolute Gasteiger partial charge is 0.349 e. The third-order valence-electron chi connectivity index (χ3n) is 6.29.